The smallest absolute Gasteiger partial charge is 0.273 e. The molecule has 2 aromatic heterocycles. The number of aromatic nitrogens is 3. The van der Waals surface area contributed by atoms with Crippen LogP contribution < -0.4 is 15.0 Å². The molecule has 0 saturated heterocycles. The molecule has 1 N–H and O–H groups in total. The molecule has 0 spiro atoms. The van der Waals surface area contributed by atoms with Crippen LogP contribution in [0.1, 0.15) is 0 Å². The van der Waals surface area contributed by atoms with Crippen molar-refractivity contribution in [1.29, 1.82) is 0 Å². The third kappa shape index (κ3) is 2.68. The molecule has 2 heterocycles. The Balaban J connectivity index is 1.79. The molecule has 0 unspecified atom stereocenters. The Labute approximate surface area is 147 Å². The average molecular weight is 353 g/mol. The first-order valence-corrected chi connectivity index (χ1v) is 8.41. The zero-order chi connectivity index (χ0) is 17.4. The van der Waals surface area contributed by atoms with E-state index in [2.05, 4.69) is 10.1 Å². The molecule has 0 aliphatic carbocycles. The zero-order valence-electron chi connectivity index (χ0n) is 13.6. The zero-order valence-corrected chi connectivity index (χ0v) is 14.5. The topological polar surface area (TPSA) is 69.1 Å². The van der Waals surface area contributed by atoms with Gasteiger partial charge in [-0.3, -0.25) is 9.89 Å². The van der Waals surface area contributed by atoms with Crippen LogP contribution in [0.5, 0.6) is 11.5 Å². The van der Waals surface area contributed by atoms with Gasteiger partial charge in [-0.15, -0.1) is 0 Å². The fourth-order valence-electron chi connectivity index (χ4n) is 2.65. The Hall–Kier alpha value is -3.06. The van der Waals surface area contributed by atoms with Crippen LogP contribution in [0.2, 0.25) is 0 Å². The first-order valence-electron chi connectivity index (χ1n) is 7.60. The monoisotopic (exact) mass is 353 g/mol. The van der Waals surface area contributed by atoms with Gasteiger partial charge in [-0.2, -0.15) is 4.68 Å². The van der Waals surface area contributed by atoms with Crippen LogP contribution in [-0.4, -0.2) is 29.0 Å². The number of nitrogens with zero attached hydrogens (tertiary/aromatic N) is 2. The summed E-state index contributed by atoms with van der Waals surface area (Å²) in [7, 11) is 3.17. The molecule has 2 aromatic carbocycles. The Morgan fingerprint density at radius 2 is 1.84 bits per heavy atom. The van der Waals surface area contributed by atoms with Gasteiger partial charge in [0.1, 0.15) is 0 Å². The average Bonchev–Trinajstić information content (AvgIpc) is 3.24. The SMILES string of the molecule is COc1ccc(-c2cc(=O)n(-c3nc4ccccc4s3)[nH]2)cc1OC. The highest BCUT2D eigenvalue weighted by Gasteiger charge is 2.13. The van der Waals surface area contributed by atoms with Crippen LogP contribution in [0.25, 0.3) is 26.6 Å². The lowest BCUT2D eigenvalue weighted by atomic mass is 10.1. The summed E-state index contributed by atoms with van der Waals surface area (Å²) in [5.41, 5.74) is 2.22. The van der Waals surface area contributed by atoms with E-state index in [0.29, 0.717) is 22.3 Å². The fourth-order valence-corrected chi connectivity index (χ4v) is 3.58. The molecule has 0 radical (unpaired) electrons. The summed E-state index contributed by atoms with van der Waals surface area (Å²) in [4.78, 5) is 16.9. The molecule has 126 valence electrons. The van der Waals surface area contributed by atoms with Gasteiger partial charge < -0.3 is 9.47 Å². The molecule has 0 amide bonds. The molecule has 6 nitrogen and oxygen atoms in total. The number of rotatable bonds is 4. The highest BCUT2D eigenvalue weighted by atomic mass is 32.1. The second kappa shape index (κ2) is 6.10. The predicted octanol–water partition coefficient (Wildman–Crippen LogP) is 3.46. The number of nitrogens with one attached hydrogen (secondary N) is 1. The normalized spacial score (nSPS) is 11.0. The number of thiazole rings is 1. The summed E-state index contributed by atoms with van der Waals surface area (Å²) in [6, 6.07) is 14.9. The Kier molecular flexibility index (Phi) is 3.77. The number of ether oxygens (including phenoxy) is 2. The van der Waals surface area contributed by atoms with Crippen molar-refractivity contribution >= 4 is 21.6 Å². The second-order valence-corrected chi connectivity index (χ2v) is 6.39. The lowest BCUT2D eigenvalue weighted by Crippen LogP contribution is -2.12. The van der Waals surface area contributed by atoms with Crippen LogP contribution in [0.3, 0.4) is 0 Å². The Morgan fingerprint density at radius 3 is 2.60 bits per heavy atom. The van der Waals surface area contributed by atoms with Gasteiger partial charge in [0.25, 0.3) is 5.56 Å². The third-order valence-electron chi connectivity index (χ3n) is 3.89. The maximum Gasteiger partial charge on any atom is 0.273 e. The van der Waals surface area contributed by atoms with Gasteiger partial charge in [-0.1, -0.05) is 23.5 Å². The van der Waals surface area contributed by atoms with Crippen LogP contribution in [0, 0.1) is 0 Å². The number of benzene rings is 2. The minimum absolute atomic E-state index is 0.163. The van der Waals surface area contributed by atoms with E-state index in [9.17, 15) is 4.79 Å². The summed E-state index contributed by atoms with van der Waals surface area (Å²) in [5.74, 6) is 1.24. The molecule has 4 aromatic rings. The molecule has 0 saturated carbocycles. The van der Waals surface area contributed by atoms with Crippen molar-refractivity contribution < 1.29 is 9.47 Å². The van der Waals surface area contributed by atoms with Crippen LogP contribution in [0.15, 0.2) is 53.3 Å². The number of hydrogen-bond acceptors (Lipinski definition) is 5. The van der Waals surface area contributed by atoms with Crippen molar-refractivity contribution in [3.05, 3.63) is 58.9 Å². The number of hydrogen-bond donors (Lipinski definition) is 1. The van der Waals surface area contributed by atoms with E-state index < -0.39 is 0 Å². The molecule has 0 fully saturated rings. The molecule has 0 atom stereocenters. The first kappa shape index (κ1) is 15.5. The van der Waals surface area contributed by atoms with Gasteiger partial charge in [-0.25, -0.2) is 4.98 Å². The minimum atomic E-state index is -0.163. The standard InChI is InChI=1S/C18H15N3O3S/c1-23-14-8-7-11(9-15(14)24-2)13-10-17(22)21(20-13)18-19-12-5-3-4-6-16(12)25-18/h3-10,20H,1-2H3. The third-order valence-corrected chi connectivity index (χ3v) is 4.91. The maximum atomic E-state index is 12.4. The van der Waals surface area contributed by atoms with Gasteiger partial charge in [0.2, 0.25) is 5.13 Å². The maximum absolute atomic E-state index is 12.4. The first-order chi connectivity index (χ1) is 12.2. The van der Waals surface area contributed by atoms with Crippen molar-refractivity contribution in [2.24, 2.45) is 0 Å². The summed E-state index contributed by atoms with van der Waals surface area (Å²) in [5, 5.41) is 3.73. The number of para-hydroxylation sites is 1. The number of fused-ring (bicyclic) bond motifs is 1. The lowest BCUT2D eigenvalue weighted by molar-refractivity contribution is 0.355. The van der Waals surface area contributed by atoms with Crippen LogP contribution in [0.4, 0.5) is 0 Å². The fraction of sp³-hybridized carbons (Fsp3) is 0.111. The van der Waals surface area contributed by atoms with Gasteiger partial charge in [0, 0.05) is 11.6 Å². The molecular formula is C18H15N3O3S. The lowest BCUT2D eigenvalue weighted by Gasteiger charge is -2.08. The van der Waals surface area contributed by atoms with Gasteiger partial charge in [-0.05, 0) is 30.3 Å². The summed E-state index contributed by atoms with van der Waals surface area (Å²) in [6.45, 7) is 0. The van der Waals surface area contributed by atoms with E-state index >= 15 is 0 Å². The second-order valence-electron chi connectivity index (χ2n) is 5.38. The molecule has 0 aliphatic rings. The van der Waals surface area contributed by atoms with E-state index in [1.54, 1.807) is 20.3 Å². The summed E-state index contributed by atoms with van der Waals surface area (Å²) in [6.07, 6.45) is 0. The van der Waals surface area contributed by atoms with E-state index in [1.807, 2.05) is 42.5 Å². The molecular weight excluding hydrogens is 338 g/mol. The Bertz CT molecular complexity index is 1080. The van der Waals surface area contributed by atoms with Crippen molar-refractivity contribution in [3.8, 4) is 27.9 Å². The Morgan fingerprint density at radius 1 is 1.04 bits per heavy atom. The van der Waals surface area contributed by atoms with Crippen molar-refractivity contribution in [1.82, 2.24) is 14.8 Å². The number of methoxy groups -OCH3 is 2. The van der Waals surface area contributed by atoms with E-state index in [0.717, 1.165) is 15.8 Å². The predicted molar refractivity (Wildman–Crippen MR) is 98.1 cm³/mol. The van der Waals surface area contributed by atoms with Crippen molar-refractivity contribution in [2.45, 2.75) is 0 Å². The van der Waals surface area contributed by atoms with E-state index in [-0.39, 0.29) is 5.56 Å². The molecule has 25 heavy (non-hydrogen) atoms. The molecule has 0 aliphatic heterocycles. The number of aromatic amines is 1. The van der Waals surface area contributed by atoms with Gasteiger partial charge in [0.05, 0.1) is 30.1 Å². The largest absolute Gasteiger partial charge is 0.493 e. The van der Waals surface area contributed by atoms with Crippen molar-refractivity contribution in [2.75, 3.05) is 14.2 Å². The van der Waals surface area contributed by atoms with Crippen LogP contribution >= 0.6 is 11.3 Å². The quantitative estimate of drug-likeness (QED) is 0.610. The highest BCUT2D eigenvalue weighted by molar-refractivity contribution is 7.20. The van der Waals surface area contributed by atoms with E-state index in [1.165, 1.54) is 16.0 Å². The molecule has 7 heteroatoms. The molecule has 0 bridgehead atoms. The number of H-pyrrole nitrogens is 1. The van der Waals surface area contributed by atoms with Crippen molar-refractivity contribution in [3.63, 3.8) is 0 Å². The summed E-state index contributed by atoms with van der Waals surface area (Å²) >= 11 is 1.46. The highest BCUT2D eigenvalue weighted by Crippen LogP contribution is 2.31. The van der Waals surface area contributed by atoms with E-state index in [4.69, 9.17) is 9.47 Å². The van der Waals surface area contributed by atoms with Gasteiger partial charge >= 0.3 is 0 Å². The van der Waals surface area contributed by atoms with Crippen LogP contribution in [-0.2, 0) is 0 Å². The van der Waals surface area contributed by atoms with Gasteiger partial charge in [0.15, 0.2) is 11.5 Å². The minimum Gasteiger partial charge on any atom is -0.493 e. The summed E-state index contributed by atoms with van der Waals surface area (Å²) < 4.78 is 13.1. The molecule has 4 rings (SSSR count).